The van der Waals surface area contributed by atoms with Gasteiger partial charge >= 0.3 is 0 Å². The van der Waals surface area contributed by atoms with Crippen LogP contribution in [0.2, 0.25) is 0 Å². The third-order valence-corrected chi connectivity index (χ3v) is 4.54. The van der Waals surface area contributed by atoms with Crippen molar-refractivity contribution < 1.29 is 17.9 Å². The number of benzene rings is 1. The van der Waals surface area contributed by atoms with Crippen molar-refractivity contribution in [2.24, 2.45) is 0 Å². The Kier molecular flexibility index (Phi) is 5.96. The van der Waals surface area contributed by atoms with Crippen molar-refractivity contribution in [1.82, 2.24) is 9.62 Å². The van der Waals surface area contributed by atoms with E-state index in [1.54, 1.807) is 12.1 Å². The first-order valence-corrected chi connectivity index (χ1v) is 8.50. The standard InChI is InChI=1S/C15H24N2O4S/c1-6-21-12-7-9-13(10-8-12)22(19,20)17(5)11-14(18)16-15(2,3)4/h7-10H,6,11H2,1-5H3,(H,16,18). The van der Waals surface area contributed by atoms with Crippen molar-refractivity contribution in [3.8, 4) is 5.75 Å². The smallest absolute Gasteiger partial charge is 0.243 e. The normalized spacial score (nSPS) is 12.3. The summed E-state index contributed by atoms with van der Waals surface area (Å²) >= 11 is 0. The van der Waals surface area contributed by atoms with Crippen molar-refractivity contribution in [3.05, 3.63) is 24.3 Å². The van der Waals surface area contributed by atoms with E-state index < -0.39 is 15.6 Å². The second-order valence-electron chi connectivity index (χ2n) is 5.96. The van der Waals surface area contributed by atoms with Crippen LogP contribution in [0.5, 0.6) is 5.75 Å². The third kappa shape index (κ3) is 5.31. The molecule has 124 valence electrons. The van der Waals surface area contributed by atoms with Crippen LogP contribution in [0.15, 0.2) is 29.2 Å². The maximum absolute atomic E-state index is 12.4. The zero-order valence-electron chi connectivity index (χ0n) is 13.7. The molecule has 0 aliphatic heterocycles. The van der Waals surface area contributed by atoms with Crippen molar-refractivity contribution in [1.29, 1.82) is 0 Å². The number of amides is 1. The lowest BCUT2D eigenvalue weighted by Gasteiger charge is -2.23. The fourth-order valence-corrected chi connectivity index (χ4v) is 2.93. The molecule has 6 nitrogen and oxygen atoms in total. The molecule has 0 heterocycles. The van der Waals surface area contributed by atoms with E-state index in [1.807, 2.05) is 27.7 Å². The molecule has 0 aromatic heterocycles. The van der Waals surface area contributed by atoms with Crippen molar-refractivity contribution >= 4 is 15.9 Å². The molecule has 0 unspecified atom stereocenters. The lowest BCUT2D eigenvalue weighted by molar-refractivity contribution is -0.122. The van der Waals surface area contributed by atoms with Crippen LogP contribution in [-0.4, -0.2) is 44.4 Å². The molecule has 22 heavy (non-hydrogen) atoms. The van der Waals surface area contributed by atoms with Gasteiger partial charge in [-0.25, -0.2) is 8.42 Å². The molecule has 0 saturated carbocycles. The zero-order chi connectivity index (χ0) is 17.0. The summed E-state index contributed by atoms with van der Waals surface area (Å²) in [6.45, 7) is 7.65. The van der Waals surface area contributed by atoms with Gasteiger partial charge in [-0.1, -0.05) is 0 Å². The molecule has 0 fully saturated rings. The Morgan fingerprint density at radius 1 is 1.23 bits per heavy atom. The molecule has 1 N–H and O–H groups in total. The number of rotatable bonds is 6. The Balaban J connectivity index is 2.82. The lowest BCUT2D eigenvalue weighted by atomic mass is 10.1. The molecule has 0 saturated heterocycles. The summed E-state index contributed by atoms with van der Waals surface area (Å²) in [7, 11) is -2.32. The summed E-state index contributed by atoms with van der Waals surface area (Å²) in [5, 5.41) is 2.73. The van der Waals surface area contributed by atoms with Gasteiger partial charge in [0.2, 0.25) is 15.9 Å². The van der Waals surface area contributed by atoms with Crippen LogP contribution in [0.4, 0.5) is 0 Å². The Hall–Kier alpha value is -1.60. The number of sulfonamides is 1. The predicted octanol–water partition coefficient (Wildman–Crippen LogP) is 1.62. The number of hydrogen-bond acceptors (Lipinski definition) is 4. The molecule has 0 atom stereocenters. The van der Waals surface area contributed by atoms with E-state index in [1.165, 1.54) is 19.2 Å². The molecule has 1 amide bonds. The molecule has 1 aromatic rings. The van der Waals surface area contributed by atoms with Gasteiger partial charge in [0, 0.05) is 12.6 Å². The fraction of sp³-hybridized carbons (Fsp3) is 0.533. The first-order valence-electron chi connectivity index (χ1n) is 7.06. The van der Waals surface area contributed by atoms with Crippen LogP contribution in [0.25, 0.3) is 0 Å². The van der Waals surface area contributed by atoms with E-state index in [0.29, 0.717) is 12.4 Å². The second-order valence-corrected chi connectivity index (χ2v) is 8.01. The topological polar surface area (TPSA) is 75.7 Å². The molecule has 0 spiro atoms. The first-order chi connectivity index (χ1) is 10.1. The van der Waals surface area contributed by atoms with Gasteiger partial charge in [-0.15, -0.1) is 0 Å². The summed E-state index contributed by atoms with van der Waals surface area (Å²) in [5.74, 6) is 0.263. The van der Waals surface area contributed by atoms with E-state index in [2.05, 4.69) is 5.32 Å². The Morgan fingerprint density at radius 3 is 2.23 bits per heavy atom. The average Bonchev–Trinajstić information content (AvgIpc) is 2.37. The molecule has 0 bridgehead atoms. The van der Waals surface area contributed by atoms with Crippen molar-refractivity contribution in [2.45, 2.75) is 38.1 Å². The van der Waals surface area contributed by atoms with Crippen molar-refractivity contribution in [2.75, 3.05) is 20.2 Å². The highest BCUT2D eigenvalue weighted by Gasteiger charge is 2.24. The van der Waals surface area contributed by atoms with E-state index in [4.69, 9.17) is 4.74 Å². The number of nitrogens with zero attached hydrogens (tertiary/aromatic N) is 1. The van der Waals surface area contributed by atoms with Gasteiger partial charge in [-0.05, 0) is 52.0 Å². The monoisotopic (exact) mass is 328 g/mol. The number of nitrogens with one attached hydrogen (secondary N) is 1. The van der Waals surface area contributed by atoms with E-state index in [-0.39, 0.29) is 17.3 Å². The molecule has 7 heteroatoms. The maximum Gasteiger partial charge on any atom is 0.243 e. The number of hydrogen-bond donors (Lipinski definition) is 1. The maximum atomic E-state index is 12.4. The van der Waals surface area contributed by atoms with E-state index >= 15 is 0 Å². The molecule has 0 aliphatic rings. The first kappa shape index (κ1) is 18.4. The Bertz CT molecular complexity index is 603. The highest BCUT2D eigenvalue weighted by atomic mass is 32.2. The summed E-state index contributed by atoms with van der Waals surface area (Å²) in [6.07, 6.45) is 0. The van der Waals surface area contributed by atoms with Crippen LogP contribution >= 0.6 is 0 Å². The van der Waals surface area contributed by atoms with E-state index in [0.717, 1.165) is 4.31 Å². The molecular formula is C15H24N2O4S. The highest BCUT2D eigenvalue weighted by molar-refractivity contribution is 7.89. The van der Waals surface area contributed by atoms with Gasteiger partial charge in [0.15, 0.2) is 0 Å². The minimum atomic E-state index is -3.70. The SMILES string of the molecule is CCOc1ccc(S(=O)(=O)N(C)CC(=O)NC(C)(C)C)cc1. The third-order valence-electron chi connectivity index (χ3n) is 2.72. The number of carbonyl (C=O) groups is 1. The van der Waals surface area contributed by atoms with Crippen LogP contribution in [0, 0.1) is 0 Å². The summed E-state index contributed by atoms with van der Waals surface area (Å²) in [4.78, 5) is 12.0. The Morgan fingerprint density at radius 2 is 1.77 bits per heavy atom. The number of ether oxygens (including phenoxy) is 1. The summed E-state index contributed by atoms with van der Waals surface area (Å²) in [6, 6.07) is 6.13. The van der Waals surface area contributed by atoms with E-state index in [9.17, 15) is 13.2 Å². The van der Waals surface area contributed by atoms with Crippen molar-refractivity contribution in [3.63, 3.8) is 0 Å². The predicted molar refractivity (Wildman–Crippen MR) is 85.3 cm³/mol. The molecule has 1 rings (SSSR count). The quantitative estimate of drug-likeness (QED) is 0.861. The molecule has 0 radical (unpaired) electrons. The van der Waals surface area contributed by atoms with Gasteiger partial charge in [-0.2, -0.15) is 4.31 Å². The molecule has 0 aliphatic carbocycles. The zero-order valence-corrected chi connectivity index (χ0v) is 14.5. The van der Waals surface area contributed by atoms with Gasteiger partial charge < -0.3 is 10.1 Å². The number of carbonyl (C=O) groups excluding carboxylic acids is 1. The summed E-state index contributed by atoms with van der Waals surface area (Å²) in [5.41, 5.74) is -0.402. The van der Waals surface area contributed by atoms with Gasteiger partial charge in [-0.3, -0.25) is 4.79 Å². The lowest BCUT2D eigenvalue weighted by Crippen LogP contribution is -2.46. The number of likely N-dealkylation sites (N-methyl/N-ethyl adjacent to an activating group) is 1. The van der Waals surface area contributed by atoms with Crippen LogP contribution in [0.1, 0.15) is 27.7 Å². The van der Waals surface area contributed by atoms with Gasteiger partial charge in [0.1, 0.15) is 5.75 Å². The highest BCUT2D eigenvalue weighted by Crippen LogP contribution is 2.18. The summed E-state index contributed by atoms with van der Waals surface area (Å²) < 4.78 is 31.1. The minimum absolute atomic E-state index is 0.127. The van der Waals surface area contributed by atoms with Gasteiger partial charge in [0.25, 0.3) is 0 Å². The second kappa shape index (κ2) is 7.11. The fourth-order valence-electron chi connectivity index (χ4n) is 1.80. The Labute approximate surface area is 132 Å². The minimum Gasteiger partial charge on any atom is -0.494 e. The van der Waals surface area contributed by atoms with Crippen LogP contribution in [-0.2, 0) is 14.8 Å². The molecular weight excluding hydrogens is 304 g/mol. The largest absolute Gasteiger partial charge is 0.494 e. The molecule has 1 aromatic carbocycles. The van der Waals surface area contributed by atoms with Crippen LogP contribution < -0.4 is 10.1 Å². The van der Waals surface area contributed by atoms with Crippen LogP contribution in [0.3, 0.4) is 0 Å². The van der Waals surface area contributed by atoms with Gasteiger partial charge in [0.05, 0.1) is 18.0 Å². The average molecular weight is 328 g/mol.